The van der Waals surface area contributed by atoms with Gasteiger partial charge >= 0.3 is 0 Å². The number of benzene rings is 1. The number of hydrogen-bond acceptors (Lipinski definition) is 2. The van der Waals surface area contributed by atoms with Gasteiger partial charge in [0.1, 0.15) is 0 Å². The van der Waals surface area contributed by atoms with Crippen molar-refractivity contribution in [3.05, 3.63) is 29.8 Å². The zero-order valence-electron chi connectivity index (χ0n) is 10.6. The molecule has 1 aromatic carbocycles. The Labute approximate surface area is 98.1 Å². The SMILES string of the molecule is CCC(C)(CC)Nc1ccc(C(C)=O)cc1. The van der Waals surface area contributed by atoms with Crippen LogP contribution in [-0.2, 0) is 0 Å². The predicted molar refractivity (Wildman–Crippen MR) is 69.1 cm³/mol. The Morgan fingerprint density at radius 3 is 2.06 bits per heavy atom. The van der Waals surface area contributed by atoms with Crippen LogP contribution >= 0.6 is 0 Å². The minimum absolute atomic E-state index is 0.111. The Morgan fingerprint density at radius 2 is 1.69 bits per heavy atom. The first kappa shape index (κ1) is 12.8. The highest BCUT2D eigenvalue weighted by atomic mass is 16.1. The van der Waals surface area contributed by atoms with Crippen molar-refractivity contribution in [2.75, 3.05) is 5.32 Å². The van der Waals surface area contributed by atoms with Crippen molar-refractivity contribution in [1.82, 2.24) is 0 Å². The van der Waals surface area contributed by atoms with Gasteiger partial charge in [0.25, 0.3) is 0 Å². The van der Waals surface area contributed by atoms with Crippen molar-refractivity contribution >= 4 is 11.5 Å². The van der Waals surface area contributed by atoms with Crippen molar-refractivity contribution in [3.63, 3.8) is 0 Å². The summed E-state index contributed by atoms with van der Waals surface area (Å²) in [6.45, 7) is 8.16. The topological polar surface area (TPSA) is 29.1 Å². The molecule has 0 saturated carbocycles. The molecule has 1 N–H and O–H groups in total. The first-order valence-corrected chi connectivity index (χ1v) is 5.90. The summed E-state index contributed by atoms with van der Waals surface area (Å²) >= 11 is 0. The maximum Gasteiger partial charge on any atom is 0.159 e. The predicted octanol–water partition coefficient (Wildman–Crippen LogP) is 3.88. The van der Waals surface area contributed by atoms with Gasteiger partial charge in [0.05, 0.1) is 0 Å². The number of anilines is 1. The fraction of sp³-hybridized carbons (Fsp3) is 0.500. The third kappa shape index (κ3) is 3.09. The van der Waals surface area contributed by atoms with Gasteiger partial charge in [0.2, 0.25) is 0 Å². The van der Waals surface area contributed by atoms with Gasteiger partial charge in [0, 0.05) is 16.8 Å². The molecule has 1 rings (SSSR count). The fourth-order valence-corrected chi connectivity index (χ4v) is 1.56. The lowest BCUT2D eigenvalue weighted by molar-refractivity contribution is 0.101. The van der Waals surface area contributed by atoms with Gasteiger partial charge in [-0.2, -0.15) is 0 Å². The molecule has 0 radical (unpaired) electrons. The number of rotatable bonds is 5. The third-order valence-electron chi connectivity index (χ3n) is 3.30. The smallest absolute Gasteiger partial charge is 0.159 e. The average Bonchev–Trinajstić information content (AvgIpc) is 2.29. The van der Waals surface area contributed by atoms with Gasteiger partial charge in [-0.1, -0.05) is 13.8 Å². The second kappa shape index (κ2) is 5.15. The largest absolute Gasteiger partial charge is 0.380 e. The summed E-state index contributed by atoms with van der Waals surface area (Å²) in [5.41, 5.74) is 1.98. The summed E-state index contributed by atoms with van der Waals surface area (Å²) in [6, 6.07) is 7.69. The van der Waals surface area contributed by atoms with Crippen LogP contribution in [0.3, 0.4) is 0 Å². The fourth-order valence-electron chi connectivity index (χ4n) is 1.56. The molecule has 0 aliphatic carbocycles. The van der Waals surface area contributed by atoms with Gasteiger partial charge in [-0.05, 0) is 51.0 Å². The maximum absolute atomic E-state index is 11.1. The molecule has 0 heterocycles. The second-order valence-corrected chi connectivity index (χ2v) is 4.53. The molecule has 0 aromatic heterocycles. The molecule has 88 valence electrons. The summed E-state index contributed by atoms with van der Waals surface area (Å²) in [6.07, 6.45) is 2.16. The molecule has 0 atom stereocenters. The van der Waals surface area contributed by atoms with Crippen LogP contribution in [-0.4, -0.2) is 11.3 Å². The van der Waals surface area contributed by atoms with Crippen LogP contribution in [0.15, 0.2) is 24.3 Å². The van der Waals surface area contributed by atoms with E-state index in [1.807, 2.05) is 24.3 Å². The van der Waals surface area contributed by atoms with Crippen LogP contribution in [0.2, 0.25) is 0 Å². The molecule has 0 amide bonds. The summed E-state index contributed by atoms with van der Waals surface area (Å²) in [5, 5.41) is 3.51. The first-order chi connectivity index (χ1) is 7.50. The van der Waals surface area contributed by atoms with Crippen LogP contribution < -0.4 is 5.32 Å². The Hall–Kier alpha value is -1.31. The third-order valence-corrected chi connectivity index (χ3v) is 3.30. The number of nitrogens with one attached hydrogen (secondary N) is 1. The highest BCUT2D eigenvalue weighted by Crippen LogP contribution is 2.21. The minimum Gasteiger partial charge on any atom is -0.380 e. The van der Waals surface area contributed by atoms with Crippen molar-refractivity contribution in [3.8, 4) is 0 Å². The molecule has 0 fully saturated rings. The van der Waals surface area contributed by atoms with Crippen molar-refractivity contribution in [2.45, 2.75) is 46.1 Å². The van der Waals surface area contributed by atoms with Crippen LogP contribution in [0.1, 0.15) is 50.9 Å². The van der Waals surface area contributed by atoms with E-state index in [0.717, 1.165) is 24.1 Å². The lowest BCUT2D eigenvalue weighted by Gasteiger charge is -2.29. The van der Waals surface area contributed by atoms with Crippen LogP contribution in [0, 0.1) is 0 Å². The van der Waals surface area contributed by atoms with Gasteiger partial charge in [-0.15, -0.1) is 0 Å². The zero-order valence-corrected chi connectivity index (χ0v) is 10.6. The zero-order chi connectivity index (χ0) is 12.2. The highest BCUT2D eigenvalue weighted by Gasteiger charge is 2.18. The summed E-state index contributed by atoms with van der Waals surface area (Å²) < 4.78 is 0. The van der Waals surface area contributed by atoms with Gasteiger partial charge in [0.15, 0.2) is 5.78 Å². The second-order valence-electron chi connectivity index (χ2n) is 4.53. The van der Waals surface area contributed by atoms with Gasteiger partial charge in [-0.3, -0.25) is 4.79 Å². The highest BCUT2D eigenvalue weighted by molar-refractivity contribution is 5.94. The van der Waals surface area contributed by atoms with E-state index >= 15 is 0 Å². The Morgan fingerprint density at radius 1 is 1.19 bits per heavy atom. The van der Waals surface area contributed by atoms with E-state index in [2.05, 4.69) is 26.1 Å². The molecule has 0 aliphatic heterocycles. The summed E-state index contributed by atoms with van der Waals surface area (Å²) in [5.74, 6) is 0.111. The van der Waals surface area contributed by atoms with E-state index < -0.39 is 0 Å². The molecule has 0 unspecified atom stereocenters. The van der Waals surface area contributed by atoms with Crippen LogP contribution in [0.5, 0.6) is 0 Å². The normalized spacial score (nSPS) is 11.2. The molecule has 16 heavy (non-hydrogen) atoms. The molecule has 2 heteroatoms. The van der Waals surface area contributed by atoms with Crippen molar-refractivity contribution in [2.24, 2.45) is 0 Å². The Kier molecular flexibility index (Phi) is 4.11. The van der Waals surface area contributed by atoms with Crippen LogP contribution in [0.25, 0.3) is 0 Å². The van der Waals surface area contributed by atoms with Gasteiger partial charge < -0.3 is 5.32 Å². The number of hydrogen-bond donors (Lipinski definition) is 1. The molecule has 1 aromatic rings. The molecule has 0 bridgehead atoms. The Bertz CT molecular complexity index is 350. The standard InChI is InChI=1S/C14H21NO/c1-5-14(4,6-2)15-13-9-7-12(8-10-13)11(3)16/h7-10,15H,5-6H2,1-4H3. The lowest BCUT2D eigenvalue weighted by atomic mass is 9.95. The van der Waals surface area contributed by atoms with E-state index in [4.69, 9.17) is 0 Å². The van der Waals surface area contributed by atoms with E-state index in [1.165, 1.54) is 0 Å². The maximum atomic E-state index is 11.1. The van der Waals surface area contributed by atoms with Crippen molar-refractivity contribution < 1.29 is 4.79 Å². The van der Waals surface area contributed by atoms with E-state index in [9.17, 15) is 4.79 Å². The molecule has 0 saturated heterocycles. The van der Waals surface area contributed by atoms with Crippen LogP contribution in [0.4, 0.5) is 5.69 Å². The number of carbonyl (C=O) groups excluding carboxylic acids is 1. The molecular formula is C14H21NO. The average molecular weight is 219 g/mol. The van der Waals surface area contributed by atoms with E-state index in [-0.39, 0.29) is 11.3 Å². The summed E-state index contributed by atoms with van der Waals surface area (Å²) in [4.78, 5) is 11.1. The van der Waals surface area contributed by atoms with Gasteiger partial charge in [-0.25, -0.2) is 0 Å². The number of Topliss-reactive ketones (excluding diaryl/α,β-unsaturated/α-hetero) is 1. The van der Waals surface area contributed by atoms with E-state index in [0.29, 0.717) is 0 Å². The Balaban J connectivity index is 2.79. The number of carbonyl (C=O) groups is 1. The summed E-state index contributed by atoms with van der Waals surface area (Å²) in [7, 11) is 0. The molecule has 0 spiro atoms. The lowest BCUT2D eigenvalue weighted by Crippen LogP contribution is -2.32. The van der Waals surface area contributed by atoms with Crippen molar-refractivity contribution in [1.29, 1.82) is 0 Å². The monoisotopic (exact) mass is 219 g/mol. The molecular weight excluding hydrogens is 198 g/mol. The van der Waals surface area contributed by atoms with E-state index in [1.54, 1.807) is 6.92 Å². The minimum atomic E-state index is 0.111. The molecule has 0 aliphatic rings. The first-order valence-electron chi connectivity index (χ1n) is 5.90. The molecule has 2 nitrogen and oxygen atoms in total. The number of ketones is 1. The quantitative estimate of drug-likeness (QED) is 0.761.